The van der Waals surface area contributed by atoms with E-state index in [2.05, 4.69) is 26.2 Å². The third-order valence-electron chi connectivity index (χ3n) is 3.72. The van der Waals surface area contributed by atoms with Crippen molar-refractivity contribution >= 4 is 45.4 Å². The summed E-state index contributed by atoms with van der Waals surface area (Å²) in [6.45, 7) is 1.46. The second-order valence-electron chi connectivity index (χ2n) is 5.95. The molecule has 140 valence electrons. The minimum Gasteiger partial charge on any atom is -0.423 e. The van der Waals surface area contributed by atoms with Crippen LogP contribution in [0.2, 0.25) is 0 Å². The van der Waals surface area contributed by atoms with E-state index in [1.54, 1.807) is 54.7 Å². The SMILES string of the molecule is CC(=O)Nc1ccc(N=Cc2ccc(OC(=O)c3ccc(Br)cc3)cc2)cc1. The highest BCUT2D eigenvalue weighted by Gasteiger charge is 2.08. The van der Waals surface area contributed by atoms with Crippen molar-refractivity contribution in [2.75, 3.05) is 5.32 Å². The summed E-state index contributed by atoms with van der Waals surface area (Å²) in [5, 5.41) is 2.71. The van der Waals surface area contributed by atoms with Gasteiger partial charge in [0.15, 0.2) is 0 Å². The molecule has 0 saturated carbocycles. The van der Waals surface area contributed by atoms with Crippen LogP contribution in [0.1, 0.15) is 22.8 Å². The summed E-state index contributed by atoms with van der Waals surface area (Å²) in [5.74, 6) is -0.0601. The zero-order chi connectivity index (χ0) is 19.9. The molecule has 0 atom stereocenters. The lowest BCUT2D eigenvalue weighted by Crippen LogP contribution is -2.08. The first-order valence-corrected chi connectivity index (χ1v) is 9.28. The van der Waals surface area contributed by atoms with Gasteiger partial charge in [0.25, 0.3) is 0 Å². The fourth-order valence-corrected chi connectivity index (χ4v) is 2.62. The van der Waals surface area contributed by atoms with Crippen LogP contribution in [0, 0.1) is 0 Å². The molecule has 0 aliphatic carbocycles. The summed E-state index contributed by atoms with van der Waals surface area (Å²) < 4.78 is 6.27. The van der Waals surface area contributed by atoms with E-state index in [9.17, 15) is 9.59 Å². The summed E-state index contributed by atoms with van der Waals surface area (Å²) in [5.41, 5.74) is 2.84. The quantitative estimate of drug-likeness (QED) is 0.331. The van der Waals surface area contributed by atoms with Gasteiger partial charge >= 0.3 is 5.97 Å². The molecule has 6 heteroatoms. The first-order valence-electron chi connectivity index (χ1n) is 8.49. The first kappa shape index (κ1) is 19.5. The van der Waals surface area contributed by atoms with Crippen molar-refractivity contribution in [2.45, 2.75) is 6.92 Å². The van der Waals surface area contributed by atoms with Gasteiger partial charge in [-0.25, -0.2) is 4.79 Å². The Hall–Kier alpha value is -3.25. The highest BCUT2D eigenvalue weighted by Crippen LogP contribution is 2.18. The van der Waals surface area contributed by atoms with Crippen LogP contribution in [0.25, 0.3) is 0 Å². The van der Waals surface area contributed by atoms with E-state index < -0.39 is 5.97 Å². The molecule has 0 aliphatic rings. The second kappa shape index (κ2) is 9.10. The van der Waals surface area contributed by atoms with Gasteiger partial charge in [-0.3, -0.25) is 9.79 Å². The molecule has 0 spiro atoms. The van der Waals surface area contributed by atoms with E-state index in [1.807, 2.05) is 24.3 Å². The molecule has 3 aromatic carbocycles. The maximum Gasteiger partial charge on any atom is 0.343 e. The maximum absolute atomic E-state index is 12.1. The van der Waals surface area contributed by atoms with Crippen molar-refractivity contribution < 1.29 is 14.3 Å². The topological polar surface area (TPSA) is 67.8 Å². The highest BCUT2D eigenvalue weighted by atomic mass is 79.9. The number of anilines is 1. The molecule has 3 aromatic rings. The Labute approximate surface area is 171 Å². The smallest absolute Gasteiger partial charge is 0.343 e. The van der Waals surface area contributed by atoms with Gasteiger partial charge in [0.05, 0.1) is 11.3 Å². The van der Waals surface area contributed by atoms with Gasteiger partial charge in [-0.2, -0.15) is 0 Å². The van der Waals surface area contributed by atoms with Crippen molar-refractivity contribution in [3.8, 4) is 5.75 Å². The number of benzene rings is 3. The second-order valence-corrected chi connectivity index (χ2v) is 6.87. The van der Waals surface area contributed by atoms with Gasteiger partial charge in [-0.1, -0.05) is 15.9 Å². The van der Waals surface area contributed by atoms with Crippen LogP contribution >= 0.6 is 15.9 Å². The predicted octanol–water partition coefficient (Wildman–Crippen LogP) is 5.38. The highest BCUT2D eigenvalue weighted by molar-refractivity contribution is 9.10. The van der Waals surface area contributed by atoms with E-state index in [0.717, 1.165) is 21.4 Å². The minimum absolute atomic E-state index is 0.114. The van der Waals surface area contributed by atoms with Crippen molar-refractivity contribution in [1.29, 1.82) is 0 Å². The van der Waals surface area contributed by atoms with E-state index in [-0.39, 0.29) is 5.91 Å². The lowest BCUT2D eigenvalue weighted by molar-refractivity contribution is -0.114. The van der Waals surface area contributed by atoms with Gasteiger partial charge < -0.3 is 10.1 Å². The molecule has 1 amide bonds. The molecule has 0 aromatic heterocycles. The van der Waals surface area contributed by atoms with Crippen LogP contribution in [0.3, 0.4) is 0 Å². The number of hydrogen-bond acceptors (Lipinski definition) is 4. The van der Waals surface area contributed by atoms with E-state index in [0.29, 0.717) is 11.3 Å². The fraction of sp³-hybridized carbons (Fsp3) is 0.0455. The number of ether oxygens (including phenoxy) is 1. The summed E-state index contributed by atoms with van der Waals surface area (Å²) in [6.07, 6.45) is 1.72. The van der Waals surface area contributed by atoms with Crippen LogP contribution in [0.5, 0.6) is 5.75 Å². The van der Waals surface area contributed by atoms with Crippen LogP contribution in [-0.2, 0) is 4.79 Å². The number of carbonyl (C=O) groups is 2. The number of carbonyl (C=O) groups excluding carboxylic acids is 2. The Bertz CT molecular complexity index is 995. The van der Waals surface area contributed by atoms with Gasteiger partial charge in [0.1, 0.15) is 5.75 Å². The molecule has 0 radical (unpaired) electrons. The molecule has 5 nitrogen and oxygen atoms in total. The lowest BCUT2D eigenvalue weighted by atomic mass is 10.2. The van der Waals surface area contributed by atoms with Gasteiger partial charge in [-0.15, -0.1) is 0 Å². The minimum atomic E-state index is -0.409. The molecule has 0 fully saturated rings. The molecule has 28 heavy (non-hydrogen) atoms. The van der Waals surface area contributed by atoms with Crippen molar-refractivity contribution in [3.63, 3.8) is 0 Å². The van der Waals surface area contributed by atoms with E-state index in [1.165, 1.54) is 6.92 Å². The summed E-state index contributed by atoms with van der Waals surface area (Å²) in [6, 6.07) is 21.3. The standard InChI is InChI=1S/C22H17BrN2O3/c1-15(26)25-20-10-8-19(9-11-20)24-14-16-2-12-21(13-3-16)28-22(27)17-4-6-18(23)7-5-17/h2-14H,1H3,(H,25,26). The molecule has 0 unspecified atom stereocenters. The van der Waals surface area contributed by atoms with Crippen molar-refractivity contribution in [2.24, 2.45) is 4.99 Å². The third kappa shape index (κ3) is 5.62. The van der Waals surface area contributed by atoms with E-state index >= 15 is 0 Å². The van der Waals surface area contributed by atoms with Crippen molar-refractivity contribution in [1.82, 2.24) is 0 Å². The number of halogens is 1. The van der Waals surface area contributed by atoms with Gasteiger partial charge in [0.2, 0.25) is 5.91 Å². The average molecular weight is 437 g/mol. The van der Waals surface area contributed by atoms with E-state index in [4.69, 9.17) is 4.74 Å². The molecule has 0 bridgehead atoms. The Morgan fingerprint density at radius 2 is 1.57 bits per heavy atom. The number of aliphatic imine (C=N–C) groups is 1. The summed E-state index contributed by atoms with van der Waals surface area (Å²) in [7, 11) is 0. The maximum atomic E-state index is 12.1. The number of hydrogen-bond donors (Lipinski definition) is 1. The molecule has 0 saturated heterocycles. The van der Waals surface area contributed by atoms with Crippen LogP contribution in [-0.4, -0.2) is 18.1 Å². The molecule has 1 N–H and O–H groups in total. The lowest BCUT2D eigenvalue weighted by Gasteiger charge is -2.05. The number of amides is 1. The predicted molar refractivity (Wildman–Crippen MR) is 114 cm³/mol. The normalized spacial score (nSPS) is 10.6. The number of rotatable bonds is 5. The Morgan fingerprint density at radius 3 is 2.18 bits per heavy atom. The monoisotopic (exact) mass is 436 g/mol. The molecular formula is C22H17BrN2O3. The Kier molecular flexibility index (Phi) is 6.34. The van der Waals surface area contributed by atoms with Crippen LogP contribution < -0.4 is 10.1 Å². The number of nitrogens with zero attached hydrogens (tertiary/aromatic N) is 1. The van der Waals surface area contributed by atoms with Gasteiger partial charge in [0, 0.05) is 23.3 Å². The largest absolute Gasteiger partial charge is 0.423 e. The fourth-order valence-electron chi connectivity index (χ4n) is 2.36. The number of esters is 1. The number of nitrogens with one attached hydrogen (secondary N) is 1. The third-order valence-corrected chi connectivity index (χ3v) is 4.25. The molecule has 0 heterocycles. The first-order chi connectivity index (χ1) is 13.5. The average Bonchev–Trinajstić information content (AvgIpc) is 2.68. The molecule has 3 rings (SSSR count). The van der Waals surface area contributed by atoms with Crippen molar-refractivity contribution in [3.05, 3.63) is 88.4 Å². The molecular weight excluding hydrogens is 420 g/mol. The summed E-state index contributed by atoms with van der Waals surface area (Å²) >= 11 is 3.33. The summed E-state index contributed by atoms with van der Waals surface area (Å²) in [4.78, 5) is 27.5. The van der Waals surface area contributed by atoms with Gasteiger partial charge in [-0.05, 0) is 78.4 Å². The Morgan fingerprint density at radius 1 is 0.929 bits per heavy atom. The Balaban J connectivity index is 1.60. The molecule has 0 aliphatic heterocycles. The zero-order valence-corrected chi connectivity index (χ0v) is 16.6. The van der Waals surface area contributed by atoms with Crippen LogP contribution in [0.15, 0.2) is 82.3 Å². The zero-order valence-electron chi connectivity index (χ0n) is 15.1. The van der Waals surface area contributed by atoms with Crippen LogP contribution in [0.4, 0.5) is 11.4 Å².